The van der Waals surface area contributed by atoms with E-state index < -0.39 is 18.2 Å². The molecule has 9 heteroatoms. The zero-order chi connectivity index (χ0) is 29.5. The van der Waals surface area contributed by atoms with E-state index in [1.807, 2.05) is 85.8 Å². The van der Waals surface area contributed by atoms with Gasteiger partial charge in [-0.25, -0.2) is 14.3 Å². The molecule has 4 aromatic carbocycles. The predicted molar refractivity (Wildman–Crippen MR) is 159 cm³/mol. The molecule has 1 atom stereocenters. The number of hydrogen-bond acceptors (Lipinski definition) is 7. The van der Waals surface area contributed by atoms with Crippen molar-refractivity contribution in [3.05, 3.63) is 114 Å². The molecule has 1 amide bonds. The molecule has 0 unspecified atom stereocenters. The minimum atomic E-state index is -0.596. The van der Waals surface area contributed by atoms with Crippen LogP contribution in [0, 0.1) is 0 Å². The maximum atomic E-state index is 12.7. The fraction of sp³-hybridized carbons (Fsp3) is 0.152. The van der Waals surface area contributed by atoms with Crippen LogP contribution in [0.25, 0.3) is 22.4 Å². The number of anilines is 1. The average molecular weight is 563 g/mol. The quantitative estimate of drug-likeness (QED) is 0.186. The first-order valence-corrected chi connectivity index (χ1v) is 13.5. The van der Waals surface area contributed by atoms with Crippen LogP contribution in [0.1, 0.15) is 35.9 Å². The van der Waals surface area contributed by atoms with Gasteiger partial charge in [0.05, 0.1) is 6.61 Å². The van der Waals surface area contributed by atoms with Gasteiger partial charge in [0.25, 0.3) is 0 Å². The summed E-state index contributed by atoms with van der Waals surface area (Å²) in [4.78, 5) is 24.9. The molecule has 0 spiro atoms. The van der Waals surface area contributed by atoms with Crippen LogP contribution in [0.15, 0.2) is 103 Å². The maximum Gasteiger partial charge on any atom is 0.413 e. The van der Waals surface area contributed by atoms with Crippen molar-refractivity contribution in [1.82, 2.24) is 15.0 Å². The third kappa shape index (κ3) is 6.47. The fourth-order valence-electron chi connectivity index (χ4n) is 4.37. The Morgan fingerprint density at radius 2 is 1.45 bits per heavy atom. The topological polar surface area (TPSA) is 105 Å². The van der Waals surface area contributed by atoms with Crippen molar-refractivity contribution in [1.29, 1.82) is 0 Å². The number of nitrogens with one attached hydrogen (secondary N) is 1. The largest absolute Gasteiger partial charge is 0.462 e. The second kappa shape index (κ2) is 12.8. The van der Waals surface area contributed by atoms with Crippen molar-refractivity contribution < 1.29 is 23.8 Å². The van der Waals surface area contributed by atoms with Crippen molar-refractivity contribution in [2.45, 2.75) is 20.0 Å². The van der Waals surface area contributed by atoms with E-state index in [0.717, 1.165) is 22.3 Å². The molecule has 0 aliphatic rings. The molecule has 0 saturated heterocycles. The molecule has 42 heavy (non-hydrogen) atoms. The van der Waals surface area contributed by atoms with Crippen molar-refractivity contribution in [3.63, 3.8) is 0 Å². The Hall–Kier alpha value is -5.44. The van der Waals surface area contributed by atoms with E-state index in [2.05, 4.69) is 15.6 Å². The van der Waals surface area contributed by atoms with Crippen LogP contribution in [0.3, 0.4) is 0 Å². The Bertz CT molecular complexity index is 1670. The van der Waals surface area contributed by atoms with Crippen molar-refractivity contribution in [2.24, 2.45) is 7.05 Å². The van der Waals surface area contributed by atoms with E-state index in [9.17, 15) is 9.59 Å². The van der Waals surface area contributed by atoms with Gasteiger partial charge in [-0.1, -0.05) is 84.1 Å². The molecule has 0 aliphatic heterocycles. The first-order chi connectivity index (χ1) is 20.4. The summed E-state index contributed by atoms with van der Waals surface area (Å²) in [5.74, 6) is 1.03. The molecule has 0 aliphatic carbocycles. The minimum absolute atomic E-state index is 0.288. The molecule has 212 valence electrons. The van der Waals surface area contributed by atoms with Gasteiger partial charge in [-0.05, 0) is 54.8 Å². The van der Waals surface area contributed by atoms with Gasteiger partial charge in [-0.15, -0.1) is 5.10 Å². The third-order valence-electron chi connectivity index (χ3n) is 6.56. The Kier molecular flexibility index (Phi) is 8.58. The van der Waals surface area contributed by atoms with Gasteiger partial charge in [0, 0.05) is 12.6 Å². The summed E-state index contributed by atoms with van der Waals surface area (Å²) in [5.41, 5.74) is 4.53. The van der Waals surface area contributed by atoms with Gasteiger partial charge < -0.3 is 14.2 Å². The Labute approximate surface area is 243 Å². The summed E-state index contributed by atoms with van der Waals surface area (Å²) in [6.45, 7) is 3.87. The van der Waals surface area contributed by atoms with Crippen LogP contribution in [0.5, 0.6) is 11.5 Å². The van der Waals surface area contributed by atoms with E-state index in [1.165, 1.54) is 4.68 Å². The number of rotatable bonds is 9. The van der Waals surface area contributed by atoms with Crippen LogP contribution in [-0.2, 0) is 16.5 Å². The van der Waals surface area contributed by atoms with Gasteiger partial charge >= 0.3 is 12.1 Å². The molecule has 0 saturated carbocycles. The van der Waals surface area contributed by atoms with Crippen LogP contribution in [-0.4, -0.2) is 33.7 Å². The lowest BCUT2D eigenvalue weighted by Crippen LogP contribution is -2.18. The number of carbonyl (C=O) groups is 2. The molecule has 1 heterocycles. The lowest BCUT2D eigenvalue weighted by Gasteiger charge is -2.14. The summed E-state index contributed by atoms with van der Waals surface area (Å²) in [6, 6.07) is 31.8. The second-order valence-corrected chi connectivity index (χ2v) is 9.41. The number of hydrogen-bond donors (Lipinski definition) is 1. The highest BCUT2D eigenvalue weighted by atomic mass is 16.6. The van der Waals surface area contributed by atoms with E-state index in [4.69, 9.17) is 14.2 Å². The number of para-hydroxylation sites is 1. The first-order valence-electron chi connectivity index (χ1n) is 13.5. The lowest BCUT2D eigenvalue weighted by molar-refractivity contribution is 0.0523. The summed E-state index contributed by atoms with van der Waals surface area (Å²) in [6.07, 6.45) is -1.01. The molecular formula is C33H30N4O5. The van der Waals surface area contributed by atoms with Crippen LogP contribution in [0.4, 0.5) is 10.6 Å². The van der Waals surface area contributed by atoms with E-state index in [-0.39, 0.29) is 6.61 Å². The van der Waals surface area contributed by atoms with Crippen LogP contribution >= 0.6 is 0 Å². The van der Waals surface area contributed by atoms with Gasteiger partial charge in [0.2, 0.25) is 0 Å². The molecule has 1 aromatic heterocycles. The molecule has 5 aromatic rings. The monoisotopic (exact) mass is 562 g/mol. The van der Waals surface area contributed by atoms with Crippen LogP contribution < -0.4 is 10.1 Å². The average Bonchev–Trinajstić information content (AvgIpc) is 3.37. The molecule has 9 nitrogen and oxygen atoms in total. The van der Waals surface area contributed by atoms with E-state index in [1.54, 1.807) is 38.2 Å². The highest BCUT2D eigenvalue weighted by Crippen LogP contribution is 2.31. The fourth-order valence-corrected chi connectivity index (χ4v) is 4.37. The lowest BCUT2D eigenvalue weighted by atomic mass is 10.0. The second-order valence-electron chi connectivity index (χ2n) is 9.41. The predicted octanol–water partition coefficient (Wildman–Crippen LogP) is 7.43. The highest BCUT2D eigenvalue weighted by molar-refractivity contribution is 5.92. The molecule has 0 radical (unpaired) electrons. The van der Waals surface area contributed by atoms with Gasteiger partial charge in [-0.3, -0.25) is 5.32 Å². The van der Waals surface area contributed by atoms with Gasteiger partial charge in [0.1, 0.15) is 28.9 Å². The molecule has 5 rings (SSSR count). The Morgan fingerprint density at radius 3 is 2.14 bits per heavy atom. The number of benzene rings is 4. The number of nitrogens with zero attached hydrogens (tertiary/aromatic N) is 3. The highest BCUT2D eigenvalue weighted by Gasteiger charge is 2.19. The van der Waals surface area contributed by atoms with Crippen molar-refractivity contribution >= 4 is 17.9 Å². The summed E-state index contributed by atoms with van der Waals surface area (Å²) < 4.78 is 18.2. The maximum absolute atomic E-state index is 12.7. The van der Waals surface area contributed by atoms with Crippen LogP contribution in [0.2, 0.25) is 0 Å². The molecular weight excluding hydrogens is 532 g/mol. The number of ether oxygens (including phenoxy) is 3. The number of aromatic nitrogens is 3. The minimum Gasteiger partial charge on any atom is -0.462 e. The number of esters is 1. The Balaban J connectivity index is 1.27. The summed E-state index contributed by atoms with van der Waals surface area (Å²) >= 11 is 0. The van der Waals surface area contributed by atoms with Crippen molar-refractivity contribution in [3.8, 4) is 33.9 Å². The van der Waals surface area contributed by atoms with Crippen molar-refractivity contribution in [2.75, 3.05) is 11.9 Å². The number of carbonyl (C=O) groups excluding carboxylic acids is 2. The number of aryl methyl sites for hydroxylation is 1. The van der Waals surface area contributed by atoms with E-state index in [0.29, 0.717) is 28.6 Å². The van der Waals surface area contributed by atoms with Gasteiger partial charge in [-0.2, -0.15) is 0 Å². The molecule has 1 N–H and O–H groups in total. The standard InChI is InChI=1S/C33H30N4O5/c1-4-40-32(38)28-12-8-9-13-29(28)42-27-20-18-25(19-21-27)24-14-16-26(17-15-24)30-31(37(3)36-35-30)34-33(39)41-22(2)23-10-6-5-7-11-23/h5-22H,4H2,1-3H3,(H,34,39)/t22-/m1/s1. The first kappa shape index (κ1) is 28.1. The summed E-state index contributed by atoms with van der Waals surface area (Å²) in [7, 11) is 1.70. The van der Waals surface area contributed by atoms with E-state index >= 15 is 0 Å². The summed E-state index contributed by atoms with van der Waals surface area (Å²) in [5, 5.41) is 11.1. The zero-order valence-corrected chi connectivity index (χ0v) is 23.5. The third-order valence-corrected chi connectivity index (χ3v) is 6.56. The SMILES string of the molecule is CCOC(=O)c1ccccc1Oc1ccc(-c2ccc(-c3nnn(C)c3NC(=O)O[C@H](C)c3ccccc3)cc2)cc1. The van der Waals surface area contributed by atoms with Gasteiger partial charge in [0.15, 0.2) is 5.82 Å². The smallest absolute Gasteiger partial charge is 0.413 e. The molecule has 0 bridgehead atoms. The zero-order valence-electron chi connectivity index (χ0n) is 23.5. The Morgan fingerprint density at radius 1 is 0.833 bits per heavy atom. The normalized spacial score (nSPS) is 11.4. The number of amides is 1. The molecule has 0 fully saturated rings.